The van der Waals surface area contributed by atoms with Crippen molar-refractivity contribution in [3.05, 3.63) is 49.1 Å². The highest BCUT2D eigenvalue weighted by Crippen LogP contribution is 2.31. The minimum Gasteiger partial charge on any atom is -0.507 e. The van der Waals surface area contributed by atoms with E-state index in [9.17, 15) is 9.90 Å². The largest absolute Gasteiger partial charge is 0.507 e. The van der Waals surface area contributed by atoms with Crippen LogP contribution in [-0.4, -0.2) is 11.1 Å². The molecule has 0 aliphatic heterocycles. The van der Waals surface area contributed by atoms with Crippen molar-refractivity contribution in [1.29, 1.82) is 0 Å². The van der Waals surface area contributed by atoms with Crippen LogP contribution >= 0.6 is 0 Å². The first-order valence-corrected chi connectivity index (χ1v) is 4.94. The molecule has 4 heteroatoms. The second-order valence-corrected chi connectivity index (χ2v) is 3.32. The van der Waals surface area contributed by atoms with Gasteiger partial charge in [0.15, 0.2) is 5.75 Å². The first kappa shape index (κ1) is 11.0. The van der Waals surface area contributed by atoms with Crippen LogP contribution in [-0.2, 0) is 9.68 Å². The molecule has 0 radical (unpaired) electrons. The third-order valence-corrected chi connectivity index (χ3v) is 2.24. The van der Waals surface area contributed by atoms with Gasteiger partial charge in [0.25, 0.3) is 0 Å². The smallest absolute Gasteiger partial charge is 0.378 e. The highest BCUT2D eigenvalue weighted by atomic mass is 17.2. The summed E-state index contributed by atoms with van der Waals surface area (Å²) in [7, 11) is 0. The summed E-state index contributed by atoms with van der Waals surface area (Å²) in [5.74, 6) is -0.182. The Morgan fingerprint density at radius 1 is 1.18 bits per heavy atom. The molecule has 2 aromatic carbocycles. The van der Waals surface area contributed by atoms with Crippen LogP contribution in [0, 0.1) is 0 Å². The van der Waals surface area contributed by atoms with Crippen molar-refractivity contribution in [3.8, 4) is 11.5 Å². The predicted octanol–water partition coefficient (Wildman–Crippen LogP) is 2.57. The summed E-state index contributed by atoms with van der Waals surface area (Å²) in [6.07, 6.45) is 1.00. The van der Waals surface area contributed by atoms with E-state index < -0.39 is 5.97 Å². The molecule has 0 heterocycles. The van der Waals surface area contributed by atoms with Crippen molar-refractivity contribution >= 4 is 16.7 Å². The molecule has 0 unspecified atom stereocenters. The molecule has 86 valence electrons. The van der Waals surface area contributed by atoms with Crippen molar-refractivity contribution in [2.45, 2.75) is 0 Å². The minimum absolute atomic E-state index is 0.142. The Bertz CT molecular complexity index is 575. The van der Waals surface area contributed by atoms with Crippen LogP contribution in [0.3, 0.4) is 0 Å². The maximum Gasteiger partial charge on any atom is 0.378 e. The van der Waals surface area contributed by atoms with Gasteiger partial charge in [-0.3, -0.25) is 4.89 Å². The number of phenols is 1. The van der Waals surface area contributed by atoms with E-state index in [1.54, 1.807) is 36.4 Å². The molecule has 4 nitrogen and oxygen atoms in total. The zero-order valence-corrected chi connectivity index (χ0v) is 8.92. The van der Waals surface area contributed by atoms with E-state index in [-0.39, 0.29) is 5.75 Å². The second-order valence-electron chi connectivity index (χ2n) is 3.32. The predicted molar refractivity (Wildman–Crippen MR) is 62.5 cm³/mol. The molecule has 0 aromatic heterocycles. The fourth-order valence-electron chi connectivity index (χ4n) is 1.46. The van der Waals surface area contributed by atoms with E-state index in [2.05, 4.69) is 11.5 Å². The van der Waals surface area contributed by atoms with Crippen LogP contribution in [0.4, 0.5) is 0 Å². The SMILES string of the molecule is C=CC(=O)OOc1cccc2c(O)cccc12. The molecule has 0 amide bonds. The van der Waals surface area contributed by atoms with Gasteiger partial charge in [0, 0.05) is 16.8 Å². The highest BCUT2D eigenvalue weighted by molar-refractivity contribution is 5.92. The van der Waals surface area contributed by atoms with Gasteiger partial charge >= 0.3 is 5.97 Å². The summed E-state index contributed by atoms with van der Waals surface area (Å²) in [5.41, 5.74) is 0. The minimum atomic E-state index is -0.679. The highest BCUT2D eigenvalue weighted by Gasteiger charge is 2.07. The lowest BCUT2D eigenvalue weighted by Gasteiger charge is -2.06. The lowest BCUT2D eigenvalue weighted by Crippen LogP contribution is -2.04. The number of benzene rings is 2. The number of carbonyl (C=O) groups excluding carboxylic acids is 1. The average molecular weight is 230 g/mol. The summed E-state index contributed by atoms with van der Waals surface area (Å²) >= 11 is 0. The van der Waals surface area contributed by atoms with Gasteiger partial charge in [-0.2, -0.15) is 0 Å². The first-order chi connectivity index (χ1) is 8.22. The summed E-state index contributed by atoms with van der Waals surface area (Å²) < 4.78 is 0. The molecule has 2 aromatic rings. The first-order valence-electron chi connectivity index (χ1n) is 4.94. The van der Waals surface area contributed by atoms with Gasteiger partial charge in [-0.15, -0.1) is 0 Å². The van der Waals surface area contributed by atoms with Gasteiger partial charge in [0.1, 0.15) is 5.75 Å². The molecule has 1 N–H and O–H groups in total. The van der Waals surface area contributed by atoms with Gasteiger partial charge in [-0.05, 0) is 12.1 Å². The van der Waals surface area contributed by atoms with Crippen molar-refractivity contribution in [2.75, 3.05) is 0 Å². The van der Waals surface area contributed by atoms with Crippen molar-refractivity contribution < 1.29 is 19.7 Å². The maximum absolute atomic E-state index is 10.9. The Balaban J connectivity index is 2.37. The van der Waals surface area contributed by atoms with Crippen LogP contribution in [0.25, 0.3) is 10.8 Å². The molecular weight excluding hydrogens is 220 g/mol. The molecule has 0 fully saturated rings. The Kier molecular flexibility index (Phi) is 2.96. The number of hydrogen-bond acceptors (Lipinski definition) is 4. The van der Waals surface area contributed by atoms with Crippen LogP contribution in [0.1, 0.15) is 0 Å². The van der Waals surface area contributed by atoms with E-state index >= 15 is 0 Å². The molecule has 0 bridgehead atoms. The fraction of sp³-hybridized carbons (Fsp3) is 0. The Hall–Kier alpha value is -2.49. The number of aromatic hydroxyl groups is 1. The van der Waals surface area contributed by atoms with Crippen LogP contribution < -0.4 is 4.89 Å². The molecule has 0 saturated heterocycles. The molecular formula is C13H10O4. The van der Waals surface area contributed by atoms with Gasteiger partial charge in [0.05, 0.1) is 0 Å². The lowest BCUT2D eigenvalue weighted by molar-refractivity contribution is -0.206. The third kappa shape index (κ3) is 2.20. The third-order valence-electron chi connectivity index (χ3n) is 2.24. The van der Waals surface area contributed by atoms with Gasteiger partial charge in [-0.25, -0.2) is 9.68 Å². The Morgan fingerprint density at radius 2 is 1.88 bits per heavy atom. The van der Waals surface area contributed by atoms with Gasteiger partial charge < -0.3 is 5.11 Å². The number of hydrogen-bond donors (Lipinski definition) is 1. The molecule has 0 aliphatic carbocycles. The number of phenolic OH excluding ortho intramolecular Hbond substituents is 1. The average Bonchev–Trinajstić information content (AvgIpc) is 2.36. The van der Waals surface area contributed by atoms with E-state index in [1.807, 2.05) is 0 Å². The molecule has 0 saturated carbocycles. The number of fused-ring (bicyclic) bond motifs is 1. The quantitative estimate of drug-likeness (QED) is 0.500. The Labute approximate surface area is 97.6 Å². The van der Waals surface area contributed by atoms with Crippen LogP contribution in [0.5, 0.6) is 11.5 Å². The monoisotopic (exact) mass is 230 g/mol. The van der Waals surface area contributed by atoms with Crippen molar-refractivity contribution in [1.82, 2.24) is 0 Å². The standard InChI is InChI=1S/C13H10O4/c1-2-13(15)17-16-12-8-4-5-9-10(12)6-3-7-11(9)14/h2-8,14H,1H2. The molecule has 0 spiro atoms. The van der Waals surface area contributed by atoms with Crippen LogP contribution in [0.2, 0.25) is 0 Å². The van der Waals surface area contributed by atoms with Crippen LogP contribution in [0.15, 0.2) is 49.1 Å². The van der Waals surface area contributed by atoms with E-state index in [0.717, 1.165) is 6.08 Å². The summed E-state index contributed by atoms with van der Waals surface area (Å²) in [6.45, 7) is 3.25. The molecule has 17 heavy (non-hydrogen) atoms. The lowest BCUT2D eigenvalue weighted by atomic mass is 10.1. The van der Waals surface area contributed by atoms with Crippen molar-refractivity contribution in [3.63, 3.8) is 0 Å². The van der Waals surface area contributed by atoms with Crippen molar-refractivity contribution in [2.24, 2.45) is 0 Å². The normalized spacial score (nSPS) is 9.88. The molecule has 0 aliphatic rings. The molecule has 0 atom stereocenters. The Morgan fingerprint density at radius 3 is 2.65 bits per heavy atom. The van der Waals surface area contributed by atoms with E-state index in [1.165, 1.54) is 0 Å². The van der Waals surface area contributed by atoms with Gasteiger partial charge in [0.2, 0.25) is 0 Å². The topological polar surface area (TPSA) is 55.8 Å². The van der Waals surface area contributed by atoms with E-state index in [0.29, 0.717) is 16.5 Å². The number of carbonyl (C=O) groups is 1. The fourth-order valence-corrected chi connectivity index (χ4v) is 1.46. The summed E-state index contributed by atoms with van der Waals surface area (Å²) in [5, 5.41) is 10.9. The summed E-state index contributed by atoms with van der Waals surface area (Å²) in [6, 6.07) is 10.1. The zero-order chi connectivity index (χ0) is 12.3. The van der Waals surface area contributed by atoms with E-state index in [4.69, 9.17) is 4.89 Å². The molecule has 2 rings (SSSR count). The van der Waals surface area contributed by atoms with Gasteiger partial charge in [-0.1, -0.05) is 30.8 Å². The zero-order valence-electron chi connectivity index (χ0n) is 8.92. The summed E-state index contributed by atoms with van der Waals surface area (Å²) in [4.78, 5) is 20.3. The number of rotatable bonds is 3. The second kappa shape index (κ2) is 4.57. The maximum atomic E-state index is 10.9.